The van der Waals surface area contributed by atoms with Crippen molar-refractivity contribution in [3.8, 4) is 0 Å². The van der Waals surface area contributed by atoms with Gasteiger partial charge in [-0.2, -0.15) is 0 Å². The predicted molar refractivity (Wildman–Crippen MR) is 63.3 cm³/mol. The van der Waals surface area contributed by atoms with Gasteiger partial charge in [0.05, 0.1) is 23.0 Å². The van der Waals surface area contributed by atoms with Gasteiger partial charge in [0.2, 0.25) is 0 Å². The van der Waals surface area contributed by atoms with Gasteiger partial charge in [-0.15, -0.1) is 0 Å². The molecule has 0 bridgehead atoms. The number of aliphatic hydroxyl groups excluding tert-OH is 1. The molecule has 3 nitrogen and oxygen atoms in total. The molecule has 0 heterocycles. The second-order valence-corrected chi connectivity index (χ2v) is 4.38. The molecule has 1 fully saturated rings. The van der Waals surface area contributed by atoms with Crippen molar-refractivity contribution in [3.05, 3.63) is 23.0 Å². The van der Waals surface area contributed by atoms with Crippen molar-refractivity contribution in [2.24, 2.45) is 0 Å². The van der Waals surface area contributed by atoms with Gasteiger partial charge >= 0.3 is 0 Å². The Balaban J connectivity index is 2.32. The van der Waals surface area contributed by atoms with Crippen molar-refractivity contribution in [2.45, 2.75) is 18.9 Å². The van der Waals surface area contributed by atoms with Crippen molar-refractivity contribution in [2.75, 3.05) is 23.8 Å². The fraction of sp³-hybridized carbons (Fsp3) is 0.455. The number of hydrogen-bond donors (Lipinski definition) is 2. The van der Waals surface area contributed by atoms with E-state index >= 15 is 0 Å². The first-order chi connectivity index (χ1) is 7.63. The summed E-state index contributed by atoms with van der Waals surface area (Å²) < 4.78 is 13.1. The minimum Gasteiger partial charge on any atom is -0.397 e. The van der Waals surface area contributed by atoms with Crippen LogP contribution >= 0.6 is 11.6 Å². The molecule has 0 saturated heterocycles. The van der Waals surface area contributed by atoms with E-state index in [-0.39, 0.29) is 11.6 Å². The smallest absolute Gasteiger partial charge is 0.143 e. The monoisotopic (exact) mass is 244 g/mol. The highest BCUT2D eigenvalue weighted by molar-refractivity contribution is 6.31. The Bertz CT molecular complexity index is 396. The van der Waals surface area contributed by atoms with E-state index in [2.05, 4.69) is 0 Å². The van der Waals surface area contributed by atoms with Gasteiger partial charge in [-0.05, 0) is 18.9 Å². The van der Waals surface area contributed by atoms with Gasteiger partial charge in [0, 0.05) is 18.7 Å². The van der Waals surface area contributed by atoms with Crippen LogP contribution in [0, 0.1) is 5.82 Å². The van der Waals surface area contributed by atoms with Gasteiger partial charge in [0.1, 0.15) is 5.82 Å². The Morgan fingerprint density at radius 2 is 2.19 bits per heavy atom. The first-order valence-corrected chi connectivity index (χ1v) is 5.63. The number of nitrogens with zero attached hydrogens (tertiary/aromatic N) is 1. The highest BCUT2D eigenvalue weighted by atomic mass is 35.5. The molecule has 3 N–H and O–H groups in total. The standard InChI is InChI=1S/C11H14ClFN2O/c12-8-5-11(10(14)6-9(8)13)15(3-4-16)7-1-2-7/h5-7,16H,1-4,14H2. The molecule has 16 heavy (non-hydrogen) atoms. The number of anilines is 2. The van der Waals surface area contributed by atoms with Crippen LogP contribution in [0.15, 0.2) is 12.1 Å². The molecule has 0 radical (unpaired) electrons. The summed E-state index contributed by atoms with van der Waals surface area (Å²) in [6, 6.07) is 3.15. The fourth-order valence-electron chi connectivity index (χ4n) is 1.79. The van der Waals surface area contributed by atoms with Gasteiger partial charge in [-0.25, -0.2) is 4.39 Å². The summed E-state index contributed by atoms with van der Waals surface area (Å²) in [4.78, 5) is 1.99. The van der Waals surface area contributed by atoms with Crippen molar-refractivity contribution in [3.63, 3.8) is 0 Å². The lowest BCUT2D eigenvalue weighted by molar-refractivity contribution is 0.301. The molecule has 88 valence electrons. The Hall–Kier alpha value is -1.00. The van der Waals surface area contributed by atoms with Crippen LogP contribution in [0.4, 0.5) is 15.8 Å². The number of aliphatic hydroxyl groups is 1. The van der Waals surface area contributed by atoms with Crippen LogP contribution < -0.4 is 10.6 Å². The zero-order chi connectivity index (χ0) is 11.7. The zero-order valence-corrected chi connectivity index (χ0v) is 9.54. The molecule has 1 aromatic rings. The predicted octanol–water partition coefficient (Wildman–Crippen LogP) is 2.02. The lowest BCUT2D eigenvalue weighted by Crippen LogP contribution is -2.29. The number of halogens is 2. The van der Waals surface area contributed by atoms with Gasteiger partial charge in [0.15, 0.2) is 0 Å². The first-order valence-electron chi connectivity index (χ1n) is 5.25. The zero-order valence-electron chi connectivity index (χ0n) is 8.79. The lowest BCUT2D eigenvalue weighted by atomic mass is 10.2. The van der Waals surface area contributed by atoms with Gasteiger partial charge in [-0.1, -0.05) is 11.6 Å². The van der Waals surface area contributed by atoms with Gasteiger partial charge in [0.25, 0.3) is 0 Å². The van der Waals surface area contributed by atoms with Gasteiger partial charge < -0.3 is 15.7 Å². The third kappa shape index (κ3) is 2.23. The molecule has 1 aromatic carbocycles. The summed E-state index contributed by atoms with van der Waals surface area (Å²) in [6.45, 7) is 0.543. The molecular formula is C11H14ClFN2O. The third-order valence-corrected chi connectivity index (χ3v) is 3.00. The highest BCUT2D eigenvalue weighted by Crippen LogP contribution is 2.36. The van der Waals surface area contributed by atoms with E-state index in [0.29, 0.717) is 24.0 Å². The van der Waals surface area contributed by atoms with E-state index < -0.39 is 5.82 Å². The third-order valence-electron chi connectivity index (χ3n) is 2.71. The fourth-order valence-corrected chi connectivity index (χ4v) is 1.95. The second kappa shape index (κ2) is 4.47. The van der Waals surface area contributed by atoms with Crippen LogP contribution in [-0.4, -0.2) is 24.3 Å². The number of benzene rings is 1. The van der Waals surface area contributed by atoms with Crippen molar-refractivity contribution < 1.29 is 9.50 Å². The van der Waals surface area contributed by atoms with Crippen molar-refractivity contribution >= 4 is 23.0 Å². The van der Waals surface area contributed by atoms with Crippen LogP contribution in [0.25, 0.3) is 0 Å². The minimum absolute atomic E-state index is 0.0466. The Morgan fingerprint density at radius 3 is 2.75 bits per heavy atom. The molecule has 5 heteroatoms. The molecule has 0 unspecified atom stereocenters. The summed E-state index contributed by atoms with van der Waals surface area (Å²) in [7, 11) is 0. The molecule has 0 spiro atoms. The summed E-state index contributed by atoms with van der Waals surface area (Å²) in [5, 5.41) is 9.06. The quantitative estimate of drug-likeness (QED) is 0.797. The van der Waals surface area contributed by atoms with Crippen molar-refractivity contribution in [1.82, 2.24) is 0 Å². The second-order valence-electron chi connectivity index (χ2n) is 3.97. The van der Waals surface area contributed by atoms with Gasteiger partial charge in [-0.3, -0.25) is 0 Å². The summed E-state index contributed by atoms with van der Waals surface area (Å²) in [5.41, 5.74) is 6.84. The number of nitrogen functional groups attached to an aromatic ring is 1. The highest BCUT2D eigenvalue weighted by Gasteiger charge is 2.30. The van der Waals surface area contributed by atoms with Crippen molar-refractivity contribution in [1.29, 1.82) is 0 Å². The van der Waals surface area contributed by atoms with E-state index in [0.717, 1.165) is 12.8 Å². The summed E-state index contributed by atoms with van der Waals surface area (Å²) in [5.74, 6) is -0.511. The first kappa shape index (κ1) is 11.5. The maximum Gasteiger partial charge on any atom is 0.143 e. The van der Waals surface area contributed by atoms with Crippen LogP contribution in [0.1, 0.15) is 12.8 Å². The molecular weight excluding hydrogens is 231 g/mol. The SMILES string of the molecule is Nc1cc(F)c(Cl)cc1N(CCO)C1CC1. The molecule has 0 atom stereocenters. The Labute approximate surface area is 98.6 Å². The molecule has 0 aromatic heterocycles. The average molecular weight is 245 g/mol. The number of nitrogens with two attached hydrogens (primary N) is 1. The van der Waals surface area contributed by atoms with E-state index in [1.807, 2.05) is 4.90 Å². The maximum absolute atomic E-state index is 13.1. The van der Waals surface area contributed by atoms with E-state index in [1.54, 1.807) is 0 Å². The molecule has 0 aliphatic heterocycles. The van der Waals surface area contributed by atoms with Crippen LogP contribution in [0.3, 0.4) is 0 Å². The lowest BCUT2D eigenvalue weighted by Gasteiger charge is -2.25. The van der Waals surface area contributed by atoms with E-state index in [4.69, 9.17) is 22.4 Å². The summed E-state index contributed by atoms with van der Waals surface area (Å²) >= 11 is 5.74. The molecule has 1 aliphatic rings. The van der Waals surface area contributed by atoms with Crippen LogP contribution in [-0.2, 0) is 0 Å². The molecule has 2 rings (SSSR count). The van der Waals surface area contributed by atoms with Crippen LogP contribution in [0.2, 0.25) is 5.02 Å². The largest absolute Gasteiger partial charge is 0.397 e. The minimum atomic E-state index is -0.511. The summed E-state index contributed by atoms with van der Waals surface area (Å²) in [6.07, 6.45) is 2.16. The normalized spacial score (nSPS) is 15.2. The Kier molecular flexibility index (Phi) is 3.21. The Morgan fingerprint density at radius 1 is 1.50 bits per heavy atom. The van der Waals surface area contributed by atoms with Crippen LogP contribution in [0.5, 0.6) is 0 Å². The topological polar surface area (TPSA) is 49.5 Å². The molecule has 0 amide bonds. The maximum atomic E-state index is 13.1. The molecule has 1 aliphatic carbocycles. The van der Waals surface area contributed by atoms with E-state index in [9.17, 15) is 4.39 Å². The number of hydrogen-bond acceptors (Lipinski definition) is 3. The van der Waals surface area contributed by atoms with E-state index in [1.165, 1.54) is 12.1 Å². The number of rotatable bonds is 4. The molecule has 1 saturated carbocycles. The average Bonchev–Trinajstić information content (AvgIpc) is 3.04.